The number of hydrogen-bond acceptors (Lipinski definition) is 3. The van der Waals surface area contributed by atoms with Crippen LogP contribution in [0.1, 0.15) is 51.7 Å². The van der Waals surface area contributed by atoms with Crippen molar-refractivity contribution < 1.29 is 14.6 Å². The van der Waals surface area contributed by atoms with Crippen molar-refractivity contribution >= 4 is 5.97 Å². The van der Waals surface area contributed by atoms with Gasteiger partial charge in [-0.15, -0.1) is 0 Å². The summed E-state index contributed by atoms with van der Waals surface area (Å²) in [6.07, 6.45) is 1.64. The molecule has 2 rings (SSSR count). The van der Waals surface area contributed by atoms with E-state index in [9.17, 15) is 9.90 Å². The van der Waals surface area contributed by atoms with Crippen molar-refractivity contribution in [2.45, 2.75) is 52.2 Å². The molecule has 0 aromatic heterocycles. The van der Waals surface area contributed by atoms with Crippen LogP contribution in [0.5, 0.6) is 0 Å². The molecular formula is C17H24O3. The fourth-order valence-corrected chi connectivity index (χ4v) is 3.35. The highest BCUT2D eigenvalue weighted by Gasteiger charge is 2.35. The van der Waals surface area contributed by atoms with Crippen LogP contribution in [0.2, 0.25) is 0 Å². The third-order valence-electron chi connectivity index (χ3n) is 3.97. The molecule has 0 spiro atoms. The first-order valence-corrected chi connectivity index (χ1v) is 7.31. The standard InChI is InChI=1S/C17H24O3/c1-12-9-14(11-17(2,3)10-12)20-16(19)15(18)13-7-5-4-6-8-13/h4-8,12,14-15,18H,9-11H2,1-3H3/t12-,14+,15?/m0/s1. The first-order valence-electron chi connectivity index (χ1n) is 7.31. The molecule has 1 aromatic carbocycles. The molecule has 1 aliphatic rings. The minimum atomic E-state index is -1.18. The molecular weight excluding hydrogens is 252 g/mol. The Labute approximate surface area is 121 Å². The highest BCUT2D eigenvalue weighted by Crippen LogP contribution is 2.40. The number of benzene rings is 1. The van der Waals surface area contributed by atoms with Gasteiger partial charge in [0.05, 0.1) is 0 Å². The van der Waals surface area contributed by atoms with Crippen LogP contribution >= 0.6 is 0 Å². The van der Waals surface area contributed by atoms with Crippen molar-refractivity contribution in [2.24, 2.45) is 11.3 Å². The molecule has 3 atom stereocenters. The highest BCUT2D eigenvalue weighted by molar-refractivity contribution is 5.76. The molecule has 1 saturated carbocycles. The SMILES string of the molecule is C[C@H]1C[C@@H](OC(=O)C(O)c2ccccc2)CC(C)(C)C1. The van der Waals surface area contributed by atoms with Gasteiger partial charge in [0.1, 0.15) is 6.10 Å². The van der Waals surface area contributed by atoms with E-state index in [-0.39, 0.29) is 11.5 Å². The number of aliphatic hydroxyl groups excluding tert-OH is 1. The summed E-state index contributed by atoms with van der Waals surface area (Å²) in [5.74, 6) is 0.0107. The molecule has 1 aliphatic carbocycles. The average Bonchev–Trinajstić information content (AvgIpc) is 2.36. The number of hydrogen-bond donors (Lipinski definition) is 1. The molecule has 0 bridgehead atoms. The Morgan fingerprint density at radius 2 is 1.95 bits per heavy atom. The Morgan fingerprint density at radius 1 is 1.30 bits per heavy atom. The van der Waals surface area contributed by atoms with Gasteiger partial charge in [-0.25, -0.2) is 4.79 Å². The Hall–Kier alpha value is -1.35. The van der Waals surface area contributed by atoms with Gasteiger partial charge in [-0.3, -0.25) is 0 Å². The first-order chi connectivity index (χ1) is 9.37. The lowest BCUT2D eigenvalue weighted by Crippen LogP contribution is -2.35. The van der Waals surface area contributed by atoms with Gasteiger partial charge in [0.15, 0.2) is 6.10 Å². The molecule has 3 heteroatoms. The van der Waals surface area contributed by atoms with Crippen LogP contribution in [-0.2, 0) is 9.53 Å². The smallest absolute Gasteiger partial charge is 0.339 e. The summed E-state index contributed by atoms with van der Waals surface area (Å²) in [6.45, 7) is 6.60. The third-order valence-corrected chi connectivity index (χ3v) is 3.97. The Kier molecular flexibility index (Phi) is 4.48. The molecule has 0 aliphatic heterocycles. The predicted molar refractivity (Wildman–Crippen MR) is 78.1 cm³/mol. The van der Waals surface area contributed by atoms with E-state index < -0.39 is 12.1 Å². The zero-order valence-electron chi connectivity index (χ0n) is 12.5. The topological polar surface area (TPSA) is 46.5 Å². The number of esters is 1. The second-order valence-corrected chi connectivity index (χ2v) is 6.79. The second-order valence-electron chi connectivity index (χ2n) is 6.79. The van der Waals surface area contributed by atoms with E-state index in [0.29, 0.717) is 11.5 Å². The van der Waals surface area contributed by atoms with Crippen LogP contribution in [0.4, 0.5) is 0 Å². The van der Waals surface area contributed by atoms with Gasteiger partial charge in [0.25, 0.3) is 0 Å². The normalized spacial score (nSPS) is 26.8. The largest absolute Gasteiger partial charge is 0.460 e. The molecule has 1 fully saturated rings. The van der Waals surface area contributed by atoms with Crippen molar-refractivity contribution in [1.82, 2.24) is 0 Å². The van der Waals surface area contributed by atoms with E-state index in [4.69, 9.17) is 4.74 Å². The fraction of sp³-hybridized carbons (Fsp3) is 0.588. The molecule has 0 radical (unpaired) electrons. The second kappa shape index (κ2) is 5.96. The number of rotatable bonds is 3. The number of ether oxygens (including phenoxy) is 1. The van der Waals surface area contributed by atoms with E-state index in [2.05, 4.69) is 20.8 Å². The van der Waals surface area contributed by atoms with Crippen molar-refractivity contribution in [1.29, 1.82) is 0 Å². The van der Waals surface area contributed by atoms with Gasteiger partial charge in [0.2, 0.25) is 0 Å². The summed E-state index contributed by atoms with van der Waals surface area (Å²) >= 11 is 0. The number of aliphatic hydroxyl groups is 1. The number of carbonyl (C=O) groups is 1. The average molecular weight is 276 g/mol. The van der Waals surface area contributed by atoms with Crippen LogP contribution in [0, 0.1) is 11.3 Å². The summed E-state index contributed by atoms with van der Waals surface area (Å²) in [4.78, 5) is 12.1. The summed E-state index contributed by atoms with van der Waals surface area (Å²) in [5, 5.41) is 10.0. The molecule has 20 heavy (non-hydrogen) atoms. The van der Waals surface area contributed by atoms with Crippen molar-refractivity contribution in [3.05, 3.63) is 35.9 Å². The van der Waals surface area contributed by atoms with Gasteiger partial charge in [-0.05, 0) is 36.2 Å². The van der Waals surface area contributed by atoms with E-state index in [1.165, 1.54) is 0 Å². The van der Waals surface area contributed by atoms with Crippen LogP contribution in [0.3, 0.4) is 0 Å². The molecule has 0 heterocycles. The Bertz CT molecular complexity index is 453. The van der Waals surface area contributed by atoms with Gasteiger partial charge in [-0.1, -0.05) is 51.1 Å². The quantitative estimate of drug-likeness (QED) is 0.860. The van der Waals surface area contributed by atoms with Crippen molar-refractivity contribution in [2.75, 3.05) is 0 Å². The van der Waals surface area contributed by atoms with Crippen molar-refractivity contribution in [3.63, 3.8) is 0 Å². The van der Waals surface area contributed by atoms with E-state index >= 15 is 0 Å². The summed E-state index contributed by atoms with van der Waals surface area (Å²) in [5.41, 5.74) is 0.779. The lowest BCUT2D eigenvalue weighted by molar-refractivity contribution is -0.163. The maximum absolute atomic E-state index is 12.1. The number of carbonyl (C=O) groups excluding carboxylic acids is 1. The summed E-state index contributed by atoms with van der Waals surface area (Å²) in [6, 6.07) is 8.93. The lowest BCUT2D eigenvalue weighted by atomic mass is 9.71. The van der Waals surface area contributed by atoms with Gasteiger partial charge < -0.3 is 9.84 Å². The minimum absolute atomic E-state index is 0.0837. The molecule has 1 N–H and O–H groups in total. The summed E-state index contributed by atoms with van der Waals surface area (Å²) < 4.78 is 5.52. The molecule has 0 saturated heterocycles. The predicted octanol–water partition coefficient (Wildman–Crippen LogP) is 3.48. The maximum atomic E-state index is 12.1. The van der Waals surface area contributed by atoms with E-state index in [0.717, 1.165) is 19.3 Å². The zero-order chi connectivity index (χ0) is 14.8. The molecule has 1 aromatic rings. The highest BCUT2D eigenvalue weighted by atomic mass is 16.6. The lowest BCUT2D eigenvalue weighted by Gasteiger charge is -2.38. The van der Waals surface area contributed by atoms with Gasteiger partial charge in [-0.2, -0.15) is 0 Å². The molecule has 110 valence electrons. The van der Waals surface area contributed by atoms with Crippen LogP contribution in [0.25, 0.3) is 0 Å². The summed E-state index contributed by atoms with van der Waals surface area (Å²) in [7, 11) is 0. The van der Waals surface area contributed by atoms with E-state index in [1.807, 2.05) is 6.07 Å². The molecule has 1 unspecified atom stereocenters. The maximum Gasteiger partial charge on any atom is 0.339 e. The Morgan fingerprint density at radius 3 is 2.55 bits per heavy atom. The van der Waals surface area contributed by atoms with E-state index in [1.54, 1.807) is 24.3 Å². The van der Waals surface area contributed by atoms with Crippen LogP contribution in [0.15, 0.2) is 30.3 Å². The van der Waals surface area contributed by atoms with Crippen LogP contribution < -0.4 is 0 Å². The zero-order valence-corrected chi connectivity index (χ0v) is 12.5. The third kappa shape index (κ3) is 3.83. The van der Waals surface area contributed by atoms with Gasteiger partial charge >= 0.3 is 5.97 Å². The minimum Gasteiger partial charge on any atom is -0.460 e. The molecule has 0 amide bonds. The Balaban J connectivity index is 1.97. The fourth-order valence-electron chi connectivity index (χ4n) is 3.35. The van der Waals surface area contributed by atoms with Gasteiger partial charge in [0, 0.05) is 0 Å². The monoisotopic (exact) mass is 276 g/mol. The van der Waals surface area contributed by atoms with Crippen molar-refractivity contribution in [3.8, 4) is 0 Å². The first kappa shape index (κ1) is 15.0. The van der Waals surface area contributed by atoms with Crippen LogP contribution in [-0.4, -0.2) is 17.2 Å². The molecule has 3 nitrogen and oxygen atoms in total.